The first-order valence-electron chi connectivity index (χ1n) is 10.1. The van der Waals surface area contributed by atoms with E-state index in [1.807, 2.05) is 35.7 Å². The Hall–Kier alpha value is -3.10. The fraction of sp³-hybridized carbons (Fsp3) is 0.500. The van der Waals surface area contributed by atoms with Gasteiger partial charge in [-0.3, -0.25) is 0 Å². The number of fused-ring (bicyclic) bond motifs is 2. The van der Waals surface area contributed by atoms with Crippen LogP contribution < -0.4 is 4.90 Å². The van der Waals surface area contributed by atoms with Gasteiger partial charge in [0.1, 0.15) is 5.82 Å². The highest BCUT2D eigenvalue weighted by Crippen LogP contribution is 2.29. The van der Waals surface area contributed by atoms with Gasteiger partial charge in [0.25, 0.3) is 0 Å². The van der Waals surface area contributed by atoms with E-state index in [0.29, 0.717) is 5.92 Å². The van der Waals surface area contributed by atoms with Crippen molar-refractivity contribution in [3.05, 3.63) is 41.6 Å². The van der Waals surface area contributed by atoms with E-state index in [0.717, 1.165) is 60.4 Å². The summed E-state index contributed by atoms with van der Waals surface area (Å²) >= 11 is 0. The van der Waals surface area contributed by atoms with Gasteiger partial charge in [-0.2, -0.15) is 14.1 Å². The lowest BCUT2D eigenvalue weighted by Gasteiger charge is -2.31. The molecule has 0 radical (unpaired) electrons. The van der Waals surface area contributed by atoms with Crippen LogP contribution in [0.3, 0.4) is 0 Å². The minimum atomic E-state index is -0.0102. The number of hydrogen-bond donors (Lipinski definition) is 0. The van der Waals surface area contributed by atoms with Crippen molar-refractivity contribution in [1.82, 2.24) is 39.6 Å². The van der Waals surface area contributed by atoms with E-state index in [4.69, 9.17) is 10.2 Å². The van der Waals surface area contributed by atoms with E-state index in [1.54, 1.807) is 4.52 Å². The zero-order valence-electron chi connectivity index (χ0n) is 17.2. The first-order valence-corrected chi connectivity index (χ1v) is 10.1. The average Bonchev–Trinajstić information content (AvgIpc) is 3.30. The molecule has 0 aliphatic carbocycles. The second-order valence-corrected chi connectivity index (χ2v) is 8.77. The third-order valence-corrected chi connectivity index (χ3v) is 5.64. The van der Waals surface area contributed by atoms with Crippen LogP contribution in [0.25, 0.3) is 11.3 Å². The molecule has 5 rings (SSSR count). The van der Waals surface area contributed by atoms with Crippen LogP contribution >= 0.6 is 0 Å². The maximum atomic E-state index is 4.85. The Labute approximate surface area is 168 Å². The number of aromatic nitrogens is 8. The van der Waals surface area contributed by atoms with Crippen LogP contribution in [0.1, 0.15) is 56.9 Å². The normalized spacial score (nSPS) is 16.2. The van der Waals surface area contributed by atoms with Gasteiger partial charge in [-0.05, 0) is 44.0 Å². The predicted molar refractivity (Wildman–Crippen MR) is 109 cm³/mol. The topological polar surface area (TPSA) is 89.4 Å². The Morgan fingerprint density at radius 2 is 1.52 bits per heavy atom. The van der Waals surface area contributed by atoms with Crippen LogP contribution in [-0.4, -0.2) is 52.7 Å². The zero-order valence-corrected chi connectivity index (χ0v) is 17.2. The molecular weight excluding hydrogens is 366 g/mol. The molecule has 29 heavy (non-hydrogen) atoms. The van der Waals surface area contributed by atoms with E-state index >= 15 is 0 Å². The standard InChI is InChI=1S/C20H25N9/c1-13-21-22-16-7-8-18(26-28(13)16)27-11-9-14(10-12-27)19-24-23-17-6-5-15(20(2,3)4)25-29(17)19/h5-8,14H,9-12H2,1-4H3. The van der Waals surface area contributed by atoms with Crippen LogP contribution in [0.4, 0.5) is 5.82 Å². The highest BCUT2D eigenvalue weighted by atomic mass is 15.4. The molecule has 1 aliphatic heterocycles. The van der Waals surface area contributed by atoms with Crippen LogP contribution in [0.15, 0.2) is 24.3 Å². The van der Waals surface area contributed by atoms with E-state index in [9.17, 15) is 0 Å². The molecule has 0 aromatic carbocycles. The molecule has 0 N–H and O–H groups in total. The van der Waals surface area contributed by atoms with Gasteiger partial charge in [0.05, 0.1) is 5.69 Å². The molecule has 1 fully saturated rings. The summed E-state index contributed by atoms with van der Waals surface area (Å²) in [4.78, 5) is 2.31. The summed E-state index contributed by atoms with van der Waals surface area (Å²) in [6.45, 7) is 10.3. The fourth-order valence-electron chi connectivity index (χ4n) is 3.88. The second kappa shape index (κ2) is 6.47. The molecule has 9 nitrogen and oxygen atoms in total. The average molecular weight is 391 g/mol. The molecule has 0 atom stereocenters. The molecule has 150 valence electrons. The minimum absolute atomic E-state index is 0.0102. The molecule has 0 saturated carbocycles. The first-order chi connectivity index (χ1) is 13.9. The smallest absolute Gasteiger partial charge is 0.178 e. The third kappa shape index (κ3) is 3.10. The molecule has 0 bridgehead atoms. The molecule has 1 saturated heterocycles. The summed E-state index contributed by atoms with van der Waals surface area (Å²) in [6, 6.07) is 8.05. The van der Waals surface area contributed by atoms with Crippen molar-refractivity contribution in [3.8, 4) is 0 Å². The van der Waals surface area contributed by atoms with Crippen molar-refractivity contribution < 1.29 is 0 Å². The Kier molecular flexibility index (Phi) is 4.01. The second-order valence-electron chi connectivity index (χ2n) is 8.77. The van der Waals surface area contributed by atoms with Gasteiger partial charge >= 0.3 is 0 Å². The lowest BCUT2D eigenvalue weighted by Crippen LogP contribution is -2.34. The fourth-order valence-corrected chi connectivity index (χ4v) is 3.88. The summed E-state index contributed by atoms with van der Waals surface area (Å²) in [5.41, 5.74) is 2.62. The highest BCUT2D eigenvalue weighted by Gasteiger charge is 2.27. The first kappa shape index (κ1) is 18.0. The van der Waals surface area contributed by atoms with E-state index in [2.05, 4.69) is 46.1 Å². The van der Waals surface area contributed by atoms with Crippen molar-refractivity contribution in [1.29, 1.82) is 0 Å². The van der Waals surface area contributed by atoms with Gasteiger partial charge in [-0.25, -0.2) is 0 Å². The van der Waals surface area contributed by atoms with E-state index < -0.39 is 0 Å². The van der Waals surface area contributed by atoms with Gasteiger partial charge in [-0.15, -0.1) is 25.5 Å². The SMILES string of the molecule is Cc1nnc2ccc(N3CCC(c4nnc5ccc(C(C)(C)C)nn45)CC3)nn12. The lowest BCUT2D eigenvalue weighted by molar-refractivity contribution is 0.469. The van der Waals surface area contributed by atoms with Crippen molar-refractivity contribution >= 4 is 17.1 Å². The number of piperidine rings is 1. The van der Waals surface area contributed by atoms with Crippen LogP contribution in [0, 0.1) is 6.92 Å². The Balaban J connectivity index is 1.38. The van der Waals surface area contributed by atoms with Gasteiger partial charge in [0.2, 0.25) is 0 Å². The molecule has 9 heteroatoms. The summed E-state index contributed by atoms with van der Waals surface area (Å²) in [6.07, 6.45) is 1.98. The number of anilines is 1. The Morgan fingerprint density at radius 3 is 2.28 bits per heavy atom. The summed E-state index contributed by atoms with van der Waals surface area (Å²) in [7, 11) is 0. The molecule has 0 amide bonds. The van der Waals surface area contributed by atoms with E-state index in [-0.39, 0.29) is 5.41 Å². The molecular formula is C20H25N9. The number of hydrogen-bond acceptors (Lipinski definition) is 7. The number of nitrogens with zero attached hydrogens (tertiary/aromatic N) is 9. The number of aryl methyl sites for hydroxylation is 1. The summed E-state index contributed by atoms with van der Waals surface area (Å²) in [5, 5.41) is 26.6. The molecule has 1 aliphatic rings. The van der Waals surface area contributed by atoms with Crippen LogP contribution in [-0.2, 0) is 5.41 Å². The Morgan fingerprint density at radius 1 is 0.828 bits per heavy atom. The molecule has 4 aromatic rings. The maximum Gasteiger partial charge on any atom is 0.178 e. The van der Waals surface area contributed by atoms with Crippen molar-refractivity contribution in [2.24, 2.45) is 0 Å². The van der Waals surface area contributed by atoms with Gasteiger partial charge in [0, 0.05) is 24.4 Å². The van der Waals surface area contributed by atoms with Crippen molar-refractivity contribution in [2.75, 3.05) is 18.0 Å². The summed E-state index contributed by atoms with van der Waals surface area (Å²) in [5.74, 6) is 3.05. The van der Waals surface area contributed by atoms with Crippen LogP contribution in [0.2, 0.25) is 0 Å². The predicted octanol–water partition coefficient (Wildman–Crippen LogP) is 2.55. The minimum Gasteiger partial charge on any atom is -0.355 e. The largest absolute Gasteiger partial charge is 0.355 e. The van der Waals surface area contributed by atoms with Crippen molar-refractivity contribution in [2.45, 2.75) is 51.9 Å². The van der Waals surface area contributed by atoms with Gasteiger partial charge in [-0.1, -0.05) is 20.8 Å². The molecule has 5 heterocycles. The van der Waals surface area contributed by atoms with Gasteiger partial charge < -0.3 is 4.90 Å². The zero-order chi connectivity index (χ0) is 20.2. The highest BCUT2D eigenvalue weighted by molar-refractivity contribution is 5.46. The quantitative estimate of drug-likeness (QED) is 0.519. The van der Waals surface area contributed by atoms with Gasteiger partial charge in [0.15, 0.2) is 22.9 Å². The Bertz CT molecular complexity index is 1180. The molecule has 4 aromatic heterocycles. The third-order valence-electron chi connectivity index (χ3n) is 5.64. The summed E-state index contributed by atoms with van der Waals surface area (Å²) < 4.78 is 3.73. The monoisotopic (exact) mass is 391 g/mol. The maximum absolute atomic E-state index is 4.85. The lowest BCUT2D eigenvalue weighted by atomic mass is 9.92. The molecule has 0 spiro atoms. The molecule has 0 unspecified atom stereocenters. The van der Waals surface area contributed by atoms with Crippen LogP contribution in [0.5, 0.6) is 0 Å². The van der Waals surface area contributed by atoms with E-state index in [1.165, 1.54) is 0 Å². The number of rotatable bonds is 2. The van der Waals surface area contributed by atoms with Crippen molar-refractivity contribution in [3.63, 3.8) is 0 Å².